The summed E-state index contributed by atoms with van der Waals surface area (Å²) in [4.78, 5) is 0. The monoisotopic (exact) mass is 207 g/mol. The van der Waals surface area contributed by atoms with Crippen LogP contribution in [0.5, 0.6) is 0 Å². The maximum absolute atomic E-state index is 6.25. The minimum atomic E-state index is -2.15. The van der Waals surface area contributed by atoms with Gasteiger partial charge in [-0.2, -0.15) is 0 Å². The second kappa shape index (κ2) is 4.24. The highest BCUT2D eigenvalue weighted by Crippen LogP contribution is 2.45. The fourth-order valence-corrected chi connectivity index (χ4v) is 3.13. The Balaban J connectivity index is 2.44. The Morgan fingerprint density at radius 3 is 1.27 bits per heavy atom. The van der Waals surface area contributed by atoms with Crippen molar-refractivity contribution in [3.8, 4) is 0 Å². The molecule has 0 saturated carbocycles. The Bertz CT molecular complexity index is 384. The van der Waals surface area contributed by atoms with Crippen molar-refractivity contribution in [3.05, 3.63) is 60.7 Å². The van der Waals surface area contributed by atoms with Gasteiger partial charge in [0.15, 0.2) is 0 Å². The summed E-state index contributed by atoms with van der Waals surface area (Å²) in [6, 6.07) is 19.7. The first kappa shape index (κ1) is 10.5. The predicted molar refractivity (Wildman–Crippen MR) is 70.6 cm³/mol. The predicted octanol–water partition coefficient (Wildman–Crippen LogP) is 1.82. The van der Waals surface area contributed by atoms with Gasteiger partial charge in [0, 0.05) is 0 Å². The largest absolute Gasteiger partial charge is 0.434 e. The van der Waals surface area contributed by atoms with E-state index in [1.165, 1.54) is 0 Å². The molecular weight excluding hydrogens is 197 g/mol. The molecule has 0 aromatic heterocycles. The summed E-state index contributed by atoms with van der Waals surface area (Å²) in [5, 5.41) is 2.05. The Morgan fingerprint density at radius 2 is 0.933 bits per heavy atom. The van der Waals surface area contributed by atoms with Crippen LogP contribution in [0.15, 0.2) is 60.7 Å². The second-order valence-electron chi connectivity index (χ2n) is 3.45. The lowest BCUT2D eigenvalue weighted by atomic mass is 10.4. The fraction of sp³-hybridized carbons (Fsp3) is 0. The third kappa shape index (κ3) is 2.16. The third-order valence-electron chi connectivity index (χ3n) is 2.37. The van der Waals surface area contributed by atoms with Crippen LogP contribution in [0.4, 0.5) is 0 Å². The highest BCUT2D eigenvalue weighted by molar-refractivity contribution is 8.24. The molecule has 0 spiro atoms. The van der Waals surface area contributed by atoms with Gasteiger partial charge in [0.1, 0.15) is 0 Å². The van der Waals surface area contributed by atoms with E-state index in [4.69, 9.17) is 15.1 Å². The second-order valence-corrected chi connectivity index (χ2v) is 6.04. The zero-order valence-electron chi connectivity index (χ0n) is 8.38. The molecule has 0 aliphatic carbocycles. The van der Waals surface area contributed by atoms with E-state index in [-0.39, 0.29) is 0 Å². The summed E-state index contributed by atoms with van der Waals surface area (Å²) in [6.07, 6.45) is 0. The summed E-state index contributed by atoms with van der Waals surface area (Å²) < 4.78 is 0. The van der Waals surface area contributed by atoms with E-state index < -0.39 is 7.02 Å². The molecule has 0 aliphatic rings. The number of benzene rings is 2. The quantitative estimate of drug-likeness (QED) is 0.520. The summed E-state index contributed by atoms with van der Waals surface area (Å²) >= 11 is 0. The van der Waals surface area contributed by atoms with Crippen LogP contribution in [0.2, 0.25) is 0 Å². The van der Waals surface area contributed by atoms with Gasteiger partial charge < -0.3 is 22.2 Å². The van der Waals surface area contributed by atoms with Crippen LogP contribution in [0.25, 0.3) is 0 Å². The lowest BCUT2D eigenvalue weighted by molar-refractivity contribution is 1.76. The van der Waals surface area contributed by atoms with Gasteiger partial charge in [-0.3, -0.25) is 0 Å². The van der Waals surface area contributed by atoms with Gasteiger partial charge in [-0.25, -0.2) is 0 Å². The Morgan fingerprint density at radius 1 is 0.600 bits per heavy atom. The standard InChI is InChI=1S/C12H10B2P/c13-15(14,11-7-3-1-4-8-11)12-9-5-2-6-10-12/h1-10H/q-1. The van der Waals surface area contributed by atoms with E-state index in [0.29, 0.717) is 0 Å². The van der Waals surface area contributed by atoms with Crippen molar-refractivity contribution in [1.82, 2.24) is 0 Å². The molecule has 0 bridgehead atoms. The first-order valence-electron chi connectivity index (χ1n) is 4.78. The molecule has 6 radical (unpaired) electrons. The minimum absolute atomic E-state index is 1.02. The molecule has 3 heteroatoms. The van der Waals surface area contributed by atoms with Gasteiger partial charge in [-0.15, -0.1) is 0 Å². The van der Waals surface area contributed by atoms with E-state index in [1.54, 1.807) is 0 Å². The zero-order chi connectivity index (χ0) is 10.7. The van der Waals surface area contributed by atoms with Gasteiger partial charge in [-0.1, -0.05) is 36.4 Å². The van der Waals surface area contributed by atoms with Crippen molar-refractivity contribution in [2.24, 2.45) is 0 Å². The summed E-state index contributed by atoms with van der Waals surface area (Å²) in [7, 11) is 10.3. The lowest BCUT2D eigenvalue weighted by Crippen LogP contribution is -2.21. The van der Waals surface area contributed by atoms with Crippen LogP contribution in [-0.2, 0) is 0 Å². The van der Waals surface area contributed by atoms with E-state index in [1.807, 2.05) is 60.7 Å². The van der Waals surface area contributed by atoms with E-state index >= 15 is 0 Å². The van der Waals surface area contributed by atoms with Crippen molar-refractivity contribution in [1.29, 1.82) is 0 Å². The Kier molecular flexibility index (Phi) is 2.98. The van der Waals surface area contributed by atoms with Gasteiger partial charge >= 0.3 is 0 Å². The van der Waals surface area contributed by atoms with Crippen LogP contribution in [0.3, 0.4) is 0 Å². The Hall–Kier alpha value is -1.00. The number of rotatable bonds is 2. The average Bonchev–Trinajstić information content (AvgIpc) is 2.31. The van der Waals surface area contributed by atoms with E-state index in [0.717, 1.165) is 10.6 Å². The van der Waals surface area contributed by atoms with Crippen LogP contribution in [-0.4, -0.2) is 15.1 Å². The highest BCUT2D eigenvalue weighted by Gasteiger charge is 2.05. The molecule has 0 saturated heterocycles. The van der Waals surface area contributed by atoms with Gasteiger partial charge in [0.2, 0.25) is 0 Å². The van der Waals surface area contributed by atoms with Gasteiger partial charge in [-0.05, 0) is 34.9 Å². The molecule has 0 aliphatic heterocycles. The molecule has 0 fully saturated rings. The molecule has 0 heterocycles. The van der Waals surface area contributed by atoms with E-state index in [2.05, 4.69) is 0 Å². The molecule has 2 rings (SSSR count). The van der Waals surface area contributed by atoms with Gasteiger partial charge in [0.05, 0.1) is 0 Å². The normalized spacial score (nSPS) is 11.3. The van der Waals surface area contributed by atoms with Crippen LogP contribution in [0, 0.1) is 0 Å². The summed E-state index contributed by atoms with van der Waals surface area (Å²) in [5.74, 6) is 0. The molecule has 0 atom stereocenters. The highest BCUT2D eigenvalue weighted by atomic mass is 31.2. The zero-order valence-corrected chi connectivity index (χ0v) is 9.27. The van der Waals surface area contributed by atoms with Crippen molar-refractivity contribution in [2.45, 2.75) is 0 Å². The molecular formula is C12H10B2P-. The Labute approximate surface area is 93.8 Å². The molecule has 15 heavy (non-hydrogen) atoms. The first-order chi connectivity index (χ1) is 7.21. The van der Waals surface area contributed by atoms with Crippen LogP contribution >= 0.6 is 7.02 Å². The maximum Gasteiger partial charge on any atom is -0.00147 e. The summed E-state index contributed by atoms with van der Waals surface area (Å²) in [6.45, 7) is 0. The van der Waals surface area contributed by atoms with E-state index in [9.17, 15) is 0 Å². The molecule has 0 amide bonds. The van der Waals surface area contributed by atoms with Crippen molar-refractivity contribution in [2.75, 3.05) is 0 Å². The topological polar surface area (TPSA) is 0 Å². The molecule has 2 aromatic carbocycles. The summed E-state index contributed by atoms with van der Waals surface area (Å²) in [5.41, 5.74) is 0. The fourth-order valence-electron chi connectivity index (χ4n) is 1.50. The van der Waals surface area contributed by atoms with Crippen LogP contribution < -0.4 is 10.6 Å². The first-order valence-corrected chi connectivity index (χ1v) is 6.71. The molecule has 2 aromatic rings. The minimum Gasteiger partial charge on any atom is -0.434 e. The smallest absolute Gasteiger partial charge is 0.00147 e. The molecule has 0 unspecified atom stereocenters. The molecule has 0 N–H and O–H groups in total. The third-order valence-corrected chi connectivity index (χ3v) is 4.67. The van der Waals surface area contributed by atoms with Crippen molar-refractivity contribution < 1.29 is 0 Å². The maximum atomic E-state index is 6.25. The van der Waals surface area contributed by atoms with Crippen LogP contribution in [0.1, 0.15) is 0 Å². The lowest BCUT2D eigenvalue weighted by Gasteiger charge is -2.47. The van der Waals surface area contributed by atoms with Crippen molar-refractivity contribution >= 4 is 32.8 Å². The number of hydrogen-bond acceptors (Lipinski definition) is 0. The van der Waals surface area contributed by atoms with Crippen molar-refractivity contribution in [3.63, 3.8) is 0 Å². The number of hydrogen-bond donors (Lipinski definition) is 0. The molecule has 70 valence electrons. The van der Waals surface area contributed by atoms with Gasteiger partial charge in [0.25, 0.3) is 0 Å². The average molecular weight is 207 g/mol. The SMILES string of the molecule is [B-][P+]([B-])(c1ccccc1)c1ccccc1. The molecule has 0 nitrogen and oxygen atoms in total.